The molecule has 1 amide bonds. The van der Waals surface area contributed by atoms with Gasteiger partial charge in [-0.3, -0.25) is 4.79 Å². The molecule has 0 aliphatic carbocycles. The van der Waals surface area contributed by atoms with Crippen molar-refractivity contribution in [2.75, 3.05) is 39.3 Å². The maximum atomic E-state index is 13.8. The Balaban J connectivity index is 1.84. The lowest BCUT2D eigenvalue weighted by Gasteiger charge is -2.36. The lowest BCUT2D eigenvalue weighted by atomic mass is 10.2. The summed E-state index contributed by atoms with van der Waals surface area (Å²) < 4.78 is 82.6. The normalized spacial score (nSPS) is 16.0. The Labute approximate surface area is 182 Å². The molecule has 0 spiro atoms. The van der Waals surface area contributed by atoms with E-state index in [1.54, 1.807) is 13.8 Å². The minimum Gasteiger partial charge on any atom is -0.335 e. The van der Waals surface area contributed by atoms with Gasteiger partial charge in [0.05, 0.1) is 5.69 Å². The van der Waals surface area contributed by atoms with Gasteiger partial charge in [0.2, 0.25) is 0 Å². The highest BCUT2D eigenvalue weighted by Gasteiger charge is 2.43. The van der Waals surface area contributed by atoms with Crippen LogP contribution in [0.1, 0.15) is 30.0 Å². The number of benzene rings is 1. The van der Waals surface area contributed by atoms with Crippen molar-refractivity contribution in [3.8, 4) is 5.69 Å². The molecule has 14 heteroatoms. The number of nitrogens with zero attached hydrogens (tertiary/aromatic N) is 6. The van der Waals surface area contributed by atoms with Crippen LogP contribution in [0.4, 0.5) is 17.6 Å². The third-order valence-electron chi connectivity index (χ3n) is 5.10. The first-order valence-corrected chi connectivity index (χ1v) is 11.2. The first-order valence-electron chi connectivity index (χ1n) is 9.84. The predicted octanol–water partition coefficient (Wildman–Crippen LogP) is 1.77. The number of carbonyl (C=O) groups excluding carboxylic acids is 1. The van der Waals surface area contributed by atoms with Crippen molar-refractivity contribution >= 4 is 16.1 Å². The van der Waals surface area contributed by atoms with E-state index in [9.17, 15) is 30.8 Å². The summed E-state index contributed by atoms with van der Waals surface area (Å²) in [5.41, 5.74) is -2.39. The van der Waals surface area contributed by atoms with Crippen molar-refractivity contribution < 1.29 is 30.8 Å². The van der Waals surface area contributed by atoms with Gasteiger partial charge in [-0.15, -0.1) is 5.10 Å². The van der Waals surface area contributed by atoms with Gasteiger partial charge in [-0.2, -0.15) is 30.2 Å². The average molecular weight is 478 g/mol. The van der Waals surface area contributed by atoms with E-state index in [0.29, 0.717) is 4.68 Å². The van der Waals surface area contributed by atoms with Gasteiger partial charge in [0.1, 0.15) is 5.82 Å². The molecule has 176 valence electrons. The molecule has 3 rings (SSSR count). The minimum absolute atomic E-state index is 0.0575. The van der Waals surface area contributed by atoms with Gasteiger partial charge in [-0.25, -0.2) is 9.07 Å². The number of carbonyl (C=O) groups is 1. The summed E-state index contributed by atoms with van der Waals surface area (Å²) in [4.78, 5) is 14.0. The number of aromatic nitrogens is 3. The molecular formula is C18H22F4N6O3S. The van der Waals surface area contributed by atoms with E-state index in [1.807, 2.05) is 0 Å². The molecule has 32 heavy (non-hydrogen) atoms. The summed E-state index contributed by atoms with van der Waals surface area (Å²) in [6.45, 7) is 3.64. The van der Waals surface area contributed by atoms with Crippen molar-refractivity contribution in [2.45, 2.75) is 20.0 Å². The Hall–Kier alpha value is -2.58. The highest BCUT2D eigenvalue weighted by molar-refractivity contribution is 7.86. The third kappa shape index (κ3) is 4.61. The summed E-state index contributed by atoms with van der Waals surface area (Å²) >= 11 is 0. The van der Waals surface area contributed by atoms with Crippen molar-refractivity contribution in [2.24, 2.45) is 0 Å². The van der Waals surface area contributed by atoms with Crippen LogP contribution < -0.4 is 0 Å². The van der Waals surface area contributed by atoms with Crippen molar-refractivity contribution in [1.29, 1.82) is 0 Å². The van der Waals surface area contributed by atoms with Crippen LogP contribution in [0, 0.1) is 5.82 Å². The predicted molar refractivity (Wildman–Crippen MR) is 106 cm³/mol. The number of piperazine rings is 1. The fraction of sp³-hybridized carbons (Fsp3) is 0.500. The van der Waals surface area contributed by atoms with Gasteiger partial charge in [-0.05, 0) is 24.3 Å². The SMILES string of the molecule is CCN(CC)S(=O)(=O)N1CCN(C(=O)c2nnn(-c3ccc(F)cc3)c2C(F)(F)F)CC1. The van der Waals surface area contributed by atoms with E-state index in [0.717, 1.165) is 29.2 Å². The van der Waals surface area contributed by atoms with Gasteiger partial charge in [0.15, 0.2) is 11.4 Å². The van der Waals surface area contributed by atoms with E-state index in [-0.39, 0.29) is 45.0 Å². The summed E-state index contributed by atoms with van der Waals surface area (Å²) in [5, 5.41) is 6.91. The van der Waals surface area contributed by atoms with Crippen LogP contribution in [0.5, 0.6) is 0 Å². The Kier molecular flexibility index (Phi) is 6.86. The zero-order valence-corrected chi connectivity index (χ0v) is 18.2. The number of hydrogen-bond donors (Lipinski definition) is 0. The molecular weight excluding hydrogens is 456 g/mol. The fourth-order valence-electron chi connectivity index (χ4n) is 3.43. The standard InChI is InChI=1S/C18H22F4N6O3S/c1-3-26(4-2)32(30,31)27-11-9-25(10-12-27)17(29)15-16(18(20,21)22)28(24-23-15)14-7-5-13(19)6-8-14/h5-8H,3-4,9-12H2,1-2H3. The maximum Gasteiger partial charge on any atom is 0.435 e. The highest BCUT2D eigenvalue weighted by atomic mass is 32.2. The third-order valence-corrected chi connectivity index (χ3v) is 7.28. The number of halogens is 4. The number of amides is 1. The summed E-state index contributed by atoms with van der Waals surface area (Å²) in [6.07, 6.45) is -4.96. The maximum absolute atomic E-state index is 13.8. The molecule has 0 radical (unpaired) electrons. The van der Waals surface area contributed by atoms with Crippen LogP contribution in [0.15, 0.2) is 24.3 Å². The second kappa shape index (κ2) is 9.11. The number of hydrogen-bond acceptors (Lipinski definition) is 5. The van der Waals surface area contributed by atoms with Gasteiger partial charge in [-0.1, -0.05) is 19.1 Å². The van der Waals surface area contributed by atoms with Crippen LogP contribution in [0.2, 0.25) is 0 Å². The lowest BCUT2D eigenvalue weighted by Crippen LogP contribution is -2.54. The molecule has 1 aromatic heterocycles. The Bertz CT molecular complexity index is 1060. The van der Waals surface area contributed by atoms with E-state index in [2.05, 4.69) is 10.3 Å². The fourth-order valence-corrected chi connectivity index (χ4v) is 5.03. The van der Waals surface area contributed by atoms with Crippen LogP contribution in [-0.2, 0) is 16.4 Å². The van der Waals surface area contributed by atoms with Crippen molar-refractivity contribution in [3.63, 3.8) is 0 Å². The van der Waals surface area contributed by atoms with E-state index in [1.165, 1.54) is 8.61 Å². The summed E-state index contributed by atoms with van der Waals surface area (Å²) in [5.74, 6) is -1.65. The van der Waals surface area contributed by atoms with E-state index < -0.39 is 39.5 Å². The summed E-state index contributed by atoms with van der Waals surface area (Å²) in [6, 6.07) is 4.11. The number of alkyl halides is 3. The molecule has 1 aliphatic rings. The molecule has 1 aromatic carbocycles. The van der Waals surface area contributed by atoms with Crippen molar-refractivity contribution in [1.82, 2.24) is 28.5 Å². The van der Waals surface area contributed by atoms with Crippen LogP contribution >= 0.6 is 0 Å². The van der Waals surface area contributed by atoms with Gasteiger partial charge in [0.25, 0.3) is 16.1 Å². The Morgan fingerprint density at radius 2 is 1.62 bits per heavy atom. The minimum atomic E-state index is -4.96. The molecule has 1 aliphatic heterocycles. The molecule has 1 saturated heterocycles. The monoisotopic (exact) mass is 478 g/mol. The quantitative estimate of drug-likeness (QED) is 0.591. The van der Waals surface area contributed by atoms with Crippen LogP contribution in [0.3, 0.4) is 0 Å². The van der Waals surface area contributed by atoms with E-state index >= 15 is 0 Å². The molecule has 0 unspecified atom stereocenters. The second-order valence-electron chi connectivity index (χ2n) is 6.96. The Morgan fingerprint density at radius 3 is 2.12 bits per heavy atom. The van der Waals surface area contributed by atoms with E-state index in [4.69, 9.17) is 0 Å². The molecule has 9 nitrogen and oxygen atoms in total. The van der Waals surface area contributed by atoms with Gasteiger partial charge >= 0.3 is 6.18 Å². The second-order valence-corrected chi connectivity index (χ2v) is 8.88. The van der Waals surface area contributed by atoms with Crippen LogP contribution in [-0.4, -0.2) is 82.1 Å². The zero-order chi connectivity index (χ0) is 23.7. The lowest BCUT2D eigenvalue weighted by molar-refractivity contribution is -0.143. The smallest absolute Gasteiger partial charge is 0.335 e. The van der Waals surface area contributed by atoms with Gasteiger partial charge in [0, 0.05) is 39.3 Å². The molecule has 1 fully saturated rings. The molecule has 0 bridgehead atoms. The highest BCUT2D eigenvalue weighted by Crippen LogP contribution is 2.33. The van der Waals surface area contributed by atoms with Crippen LogP contribution in [0.25, 0.3) is 5.69 Å². The Morgan fingerprint density at radius 1 is 1.06 bits per heavy atom. The molecule has 0 atom stereocenters. The number of rotatable bonds is 6. The largest absolute Gasteiger partial charge is 0.435 e. The van der Waals surface area contributed by atoms with Crippen molar-refractivity contribution in [3.05, 3.63) is 41.5 Å². The van der Waals surface area contributed by atoms with Gasteiger partial charge < -0.3 is 4.90 Å². The molecule has 2 aromatic rings. The molecule has 0 saturated carbocycles. The first kappa shape index (κ1) is 24.1. The zero-order valence-electron chi connectivity index (χ0n) is 17.4. The summed E-state index contributed by atoms with van der Waals surface area (Å²) in [7, 11) is -3.72. The first-order chi connectivity index (χ1) is 15.0. The molecule has 0 N–H and O–H groups in total. The topological polar surface area (TPSA) is 91.6 Å². The molecule has 2 heterocycles. The average Bonchev–Trinajstić information content (AvgIpc) is 3.20.